The first kappa shape index (κ1) is 37.2. The molecule has 1 atom stereocenters. The number of nitrogens with zero attached hydrogens (tertiary/aromatic N) is 6. The Morgan fingerprint density at radius 3 is 2.56 bits per heavy atom. The van der Waals surface area contributed by atoms with Gasteiger partial charge in [-0.25, -0.2) is 4.98 Å². The van der Waals surface area contributed by atoms with Crippen molar-refractivity contribution in [2.24, 2.45) is 7.05 Å². The largest absolute Gasteiger partial charge is 0.464 e. The number of anilines is 2. The molecule has 8 rings (SSSR count). The van der Waals surface area contributed by atoms with Crippen LogP contribution >= 0.6 is 0 Å². The SMILES string of the molecule is Cc1cc(-c2ncc(N(C)c3cc(C4CCOCC4)cc4c3cc(C)c(=O)n4C)nn2)cnc1C(=O)NCC#Cc1ccc2occ(C3CCC(=O)NC3=O)c2c1. The predicted octanol–water partition coefficient (Wildman–Crippen LogP) is 5.11. The van der Waals surface area contributed by atoms with Crippen LogP contribution in [0.4, 0.5) is 11.5 Å². The van der Waals surface area contributed by atoms with E-state index in [0.29, 0.717) is 70.6 Å². The molecule has 0 aliphatic carbocycles. The minimum absolute atomic E-state index is 0.0310. The molecule has 6 aromatic rings. The van der Waals surface area contributed by atoms with Crippen LogP contribution in [0.15, 0.2) is 70.3 Å². The molecule has 288 valence electrons. The summed E-state index contributed by atoms with van der Waals surface area (Å²) in [6, 6.07) is 13.4. The number of piperidine rings is 1. The van der Waals surface area contributed by atoms with Gasteiger partial charge in [0.15, 0.2) is 11.6 Å². The molecule has 3 amide bonds. The number of furan rings is 1. The van der Waals surface area contributed by atoms with E-state index in [4.69, 9.17) is 9.15 Å². The molecule has 2 aromatic carbocycles. The van der Waals surface area contributed by atoms with Gasteiger partial charge >= 0.3 is 0 Å². The van der Waals surface area contributed by atoms with Gasteiger partial charge in [0, 0.05) is 73.0 Å². The van der Waals surface area contributed by atoms with Gasteiger partial charge in [-0.1, -0.05) is 11.8 Å². The first-order chi connectivity index (χ1) is 27.5. The summed E-state index contributed by atoms with van der Waals surface area (Å²) >= 11 is 0. The molecule has 2 aliphatic heterocycles. The van der Waals surface area contributed by atoms with Gasteiger partial charge in [0.2, 0.25) is 11.8 Å². The van der Waals surface area contributed by atoms with E-state index in [9.17, 15) is 19.2 Å². The van der Waals surface area contributed by atoms with Gasteiger partial charge in [-0.15, -0.1) is 10.2 Å². The number of hydrogen-bond donors (Lipinski definition) is 2. The Kier molecular flexibility index (Phi) is 10.1. The molecule has 0 radical (unpaired) electrons. The highest BCUT2D eigenvalue weighted by Crippen LogP contribution is 2.37. The fourth-order valence-electron chi connectivity index (χ4n) is 7.62. The number of nitrogens with one attached hydrogen (secondary N) is 2. The lowest BCUT2D eigenvalue weighted by atomic mass is 9.90. The molecule has 0 bridgehead atoms. The minimum atomic E-state index is -0.474. The minimum Gasteiger partial charge on any atom is -0.464 e. The summed E-state index contributed by atoms with van der Waals surface area (Å²) in [5.41, 5.74) is 7.02. The fraction of sp³-hybridized carbons (Fsp3) is 0.302. The zero-order valence-electron chi connectivity index (χ0n) is 32.0. The van der Waals surface area contributed by atoms with Crippen molar-refractivity contribution in [3.63, 3.8) is 0 Å². The lowest BCUT2D eigenvalue weighted by Gasteiger charge is -2.26. The molecule has 0 spiro atoms. The molecule has 2 fully saturated rings. The monoisotopic (exact) mass is 764 g/mol. The van der Waals surface area contributed by atoms with Gasteiger partial charge in [0.05, 0.1) is 36.1 Å². The summed E-state index contributed by atoms with van der Waals surface area (Å²) in [5.74, 6) is 5.77. The Hall–Kier alpha value is -6.72. The molecule has 14 heteroatoms. The van der Waals surface area contributed by atoms with Gasteiger partial charge in [0.1, 0.15) is 11.3 Å². The summed E-state index contributed by atoms with van der Waals surface area (Å²) in [7, 11) is 3.72. The van der Waals surface area contributed by atoms with Crippen LogP contribution in [0, 0.1) is 25.7 Å². The summed E-state index contributed by atoms with van der Waals surface area (Å²) in [4.78, 5) is 61.0. The zero-order valence-corrected chi connectivity index (χ0v) is 32.0. The number of aromatic nitrogens is 5. The van der Waals surface area contributed by atoms with E-state index < -0.39 is 5.92 Å². The maximum atomic E-state index is 13.1. The molecule has 2 aliphatic rings. The van der Waals surface area contributed by atoms with E-state index in [-0.39, 0.29) is 41.9 Å². The Morgan fingerprint density at radius 2 is 1.81 bits per heavy atom. The normalized spacial score (nSPS) is 16.0. The predicted molar refractivity (Wildman–Crippen MR) is 213 cm³/mol. The number of aryl methyl sites for hydroxylation is 3. The van der Waals surface area contributed by atoms with E-state index in [0.717, 1.165) is 40.4 Å². The molecular weight excluding hydrogens is 725 g/mol. The van der Waals surface area contributed by atoms with Crippen molar-refractivity contribution < 1.29 is 23.5 Å². The lowest BCUT2D eigenvalue weighted by molar-refractivity contribution is -0.134. The number of amides is 3. The van der Waals surface area contributed by atoms with Crippen molar-refractivity contribution in [2.45, 2.75) is 51.4 Å². The van der Waals surface area contributed by atoms with E-state index in [2.05, 4.69) is 54.8 Å². The van der Waals surface area contributed by atoms with Crippen molar-refractivity contribution >= 4 is 51.1 Å². The second-order valence-corrected chi connectivity index (χ2v) is 14.5. The van der Waals surface area contributed by atoms with Crippen molar-refractivity contribution in [3.05, 3.63) is 105 Å². The van der Waals surface area contributed by atoms with Crippen LogP contribution in [0.1, 0.15) is 75.8 Å². The smallest absolute Gasteiger partial charge is 0.270 e. The van der Waals surface area contributed by atoms with Crippen molar-refractivity contribution in [2.75, 3.05) is 31.7 Å². The van der Waals surface area contributed by atoms with E-state index in [1.165, 1.54) is 0 Å². The molecule has 6 heterocycles. The highest BCUT2D eigenvalue weighted by Gasteiger charge is 2.30. The first-order valence-corrected chi connectivity index (χ1v) is 18.8. The van der Waals surface area contributed by atoms with Gasteiger partial charge in [-0.3, -0.25) is 29.5 Å². The number of carbonyl (C=O) groups is 3. The van der Waals surface area contributed by atoms with Crippen LogP contribution in [0.5, 0.6) is 0 Å². The van der Waals surface area contributed by atoms with E-state index in [1.807, 2.05) is 31.0 Å². The third-order valence-corrected chi connectivity index (χ3v) is 10.8. The van der Waals surface area contributed by atoms with Crippen molar-refractivity contribution in [3.8, 4) is 23.2 Å². The molecular formula is C43H40N8O6. The van der Waals surface area contributed by atoms with Gasteiger partial charge < -0.3 is 23.9 Å². The average Bonchev–Trinajstić information content (AvgIpc) is 3.64. The third kappa shape index (κ3) is 7.37. The molecule has 2 saturated heterocycles. The summed E-state index contributed by atoms with van der Waals surface area (Å²) in [6.45, 7) is 5.10. The Morgan fingerprint density at radius 1 is 0.982 bits per heavy atom. The summed E-state index contributed by atoms with van der Waals surface area (Å²) in [5, 5.41) is 15.8. The number of benzene rings is 2. The number of hydrogen-bond acceptors (Lipinski definition) is 11. The topological polar surface area (TPSA) is 174 Å². The molecule has 1 unspecified atom stereocenters. The fourth-order valence-corrected chi connectivity index (χ4v) is 7.62. The third-order valence-electron chi connectivity index (χ3n) is 10.8. The zero-order chi connectivity index (χ0) is 39.8. The van der Waals surface area contributed by atoms with Crippen LogP contribution in [0.25, 0.3) is 33.3 Å². The van der Waals surface area contributed by atoms with E-state index in [1.54, 1.807) is 55.4 Å². The number of carbonyl (C=O) groups excluding carboxylic acids is 3. The number of pyridine rings is 2. The van der Waals surface area contributed by atoms with Crippen LogP contribution in [0.2, 0.25) is 0 Å². The second-order valence-electron chi connectivity index (χ2n) is 14.5. The number of ether oxygens (including phenoxy) is 1. The summed E-state index contributed by atoms with van der Waals surface area (Å²) in [6.07, 6.45) is 7.26. The number of imide groups is 1. The van der Waals surface area contributed by atoms with Crippen LogP contribution in [-0.4, -0.2) is 69.3 Å². The maximum absolute atomic E-state index is 13.1. The highest BCUT2D eigenvalue weighted by atomic mass is 16.5. The van der Waals surface area contributed by atoms with Gasteiger partial charge in [-0.2, -0.15) is 0 Å². The standard InChI is InChI=1S/C43H40N8O6/c1-24-16-29(21-45-39(24)42(54)44-13-5-6-26-7-9-36-31(18-26)33(23-57-36)30-8-10-38(52)47-41(30)53)40-46-22-37(48-49-40)50(3)34-19-28(27-11-14-56-15-12-27)20-35-32(34)17-25(2)43(55)51(35)4/h7,9,16-23,27,30H,8,10-15H2,1-4H3,(H,44,54)(H,47,52,53). The Bertz CT molecular complexity index is 2700. The molecule has 57 heavy (non-hydrogen) atoms. The quantitative estimate of drug-likeness (QED) is 0.163. The lowest BCUT2D eigenvalue weighted by Crippen LogP contribution is -2.39. The van der Waals surface area contributed by atoms with E-state index >= 15 is 0 Å². The Labute approximate surface area is 327 Å². The second kappa shape index (κ2) is 15.4. The Balaban J connectivity index is 0.953. The summed E-state index contributed by atoms with van der Waals surface area (Å²) < 4.78 is 13.0. The highest BCUT2D eigenvalue weighted by molar-refractivity contribution is 6.03. The number of fused-ring (bicyclic) bond motifs is 2. The first-order valence-electron chi connectivity index (χ1n) is 18.8. The van der Waals surface area contributed by atoms with Gasteiger partial charge in [-0.05, 0) is 92.6 Å². The van der Waals surface area contributed by atoms with Crippen LogP contribution in [-0.2, 0) is 21.4 Å². The van der Waals surface area contributed by atoms with Gasteiger partial charge in [0.25, 0.3) is 11.5 Å². The molecule has 14 nitrogen and oxygen atoms in total. The van der Waals surface area contributed by atoms with Crippen molar-refractivity contribution in [1.82, 2.24) is 35.4 Å². The van der Waals surface area contributed by atoms with Crippen molar-refractivity contribution in [1.29, 1.82) is 0 Å². The van der Waals surface area contributed by atoms with Crippen LogP contribution < -0.4 is 21.1 Å². The molecule has 2 N–H and O–H groups in total. The molecule has 4 aromatic heterocycles. The number of rotatable bonds is 7. The molecule has 0 saturated carbocycles. The van der Waals surface area contributed by atoms with Crippen LogP contribution in [0.3, 0.4) is 0 Å². The average molecular weight is 765 g/mol. The maximum Gasteiger partial charge on any atom is 0.270 e.